The summed E-state index contributed by atoms with van der Waals surface area (Å²) in [5.74, 6) is 2.09. The van der Waals surface area contributed by atoms with Crippen molar-refractivity contribution in [1.29, 1.82) is 0 Å². The second-order valence-electron chi connectivity index (χ2n) is 6.68. The van der Waals surface area contributed by atoms with Crippen LogP contribution in [-0.4, -0.2) is 28.4 Å². The zero-order chi connectivity index (χ0) is 15.0. The van der Waals surface area contributed by atoms with Gasteiger partial charge in [-0.2, -0.15) is 5.10 Å². The van der Waals surface area contributed by atoms with Crippen molar-refractivity contribution in [2.24, 2.45) is 18.9 Å². The maximum absolute atomic E-state index is 12.5. The Kier molecular flexibility index (Phi) is 4.02. The molecule has 1 aliphatic carbocycles. The van der Waals surface area contributed by atoms with E-state index in [4.69, 9.17) is 4.74 Å². The number of carbonyl (C=O) groups is 1. The molecule has 0 bridgehead atoms. The molecule has 1 N–H and O–H groups in total. The fourth-order valence-corrected chi connectivity index (χ4v) is 3.27. The lowest BCUT2D eigenvalue weighted by molar-refractivity contribution is -0.127. The monoisotopic (exact) mass is 291 g/mol. The number of hydrogen-bond donors (Lipinski definition) is 1. The molecule has 1 amide bonds. The van der Waals surface area contributed by atoms with E-state index in [1.165, 1.54) is 19.3 Å². The summed E-state index contributed by atoms with van der Waals surface area (Å²) in [6.07, 6.45) is 4.35. The number of carbonyl (C=O) groups excluding carboxylic acids is 1. The number of nitrogens with zero attached hydrogens (tertiary/aromatic N) is 2. The molecule has 21 heavy (non-hydrogen) atoms. The Balaban J connectivity index is 1.68. The number of hydrogen-bond acceptors (Lipinski definition) is 3. The molecule has 0 unspecified atom stereocenters. The molecule has 5 nitrogen and oxygen atoms in total. The quantitative estimate of drug-likeness (QED) is 0.928. The minimum Gasteiger partial charge on any atom is -0.368 e. The molecule has 2 heterocycles. The van der Waals surface area contributed by atoms with Gasteiger partial charge in [0.1, 0.15) is 11.9 Å². The van der Waals surface area contributed by atoms with Crippen LogP contribution < -0.4 is 5.32 Å². The summed E-state index contributed by atoms with van der Waals surface area (Å²) in [6, 6.07) is 2.01. The van der Waals surface area contributed by atoms with Gasteiger partial charge in [0, 0.05) is 25.6 Å². The minimum atomic E-state index is -0.327. The highest BCUT2D eigenvalue weighted by Crippen LogP contribution is 2.36. The third-order valence-electron chi connectivity index (χ3n) is 4.93. The van der Waals surface area contributed by atoms with E-state index in [1.54, 1.807) is 4.68 Å². The largest absolute Gasteiger partial charge is 0.368 e. The Labute approximate surface area is 126 Å². The summed E-state index contributed by atoms with van der Waals surface area (Å²) in [5.41, 5.74) is 1.10. The molecule has 5 heteroatoms. The summed E-state index contributed by atoms with van der Waals surface area (Å²) < 4.78 is 7.41. The van der Waals surface area contributed by atoms with Crippen LogP contribution in [0.25, 0.3) is 0 Å². The van der Waals surface area contributed by atoms with Gasteiger partial charge in [-0.15, -0.1) is 0 Å². The van der Waals surface area contributed by atoms with Gasteiger partial charge in [-0.25, -0.2) is 0 Å². The van der Waals surface area contributed by atoms with Crippen LogP contribution in [0.15, 0.2) is 6.07 Å². The Morgan fingerprint density at radius 3 is 2.81 bits per heavy atom. The number of ether oxygens (including phenoxy) is 1. The SMILES string of the molecule is CC(C)[C@H]1CCO[C@H]1C(=O)Nc1cc(C2CCC2)nn1C. The lowest BCUT2D eigenvalue weighted by Gasteiger charge is -2.22. The Hall–Kier alpha value is -1.36. The van der Waals surface area contributed by atoms with Crippen molar-refractivity contribution >= 4 is 11.7 Å². The van der Waals surface area contributed by atoms with Crippen molar-refractivity contribution in [3.05, 3.63) is 11.8 Å². The van der Waals surface area contributed by atoms with Gasteiger partial charge in [0.25, 0.3) is 5.91 Å². The zero-order valence-corrected chi connectivity index (χ0v) is 13.1. The van der Waals surface area contributed by atoms with Gasteiger partial charge in [0.2, 0.25) is 0 Å². The molecule has 1 aromatic heterocycles. The number of anilines is 1. The highest BCUT2D eigenvalue weighted by Gasteiger charge is 2.36. The number of rotatable bonds is 4. The molecule has 2 fully saturated rings. The van der Waals surface area contributed by atoms with Crippen LogP contribution in [0.1, 0.15) is 51.1 Å². The lowest BCUT2D eigenvalue weighted by atomic mass is 9.83. The third kappa shape index (κ3) is 2.84. The molecule has 1 saturated carbocycles. The number of aromatic nitrogens is 2. The van der Waals surface area contributed by atoms with Crippen LogP contribution in [0.4, 0.5) is 5.82 Å². The molecule has 2 aliphatic rings. The van der Waals surface area contributed by atoms with Gasteiger partial charge < -0.3 is 10.1 Å². The van der Waals surface area contributed by atoms with Crippen LogP contribution in [0.5, 0.6) is 0 Å². The minimum absolute atomic E-state index is 0.0330. The maximum Gasteiger partial charge on any atom is 0.254 e. The maximum atomic E-state index is 12.5. The van der Waals surface area contributed by atoms with Crippen molar-refractivity contribution < 1.29 is 9.53 Å². The Morgan fingerprint density at radius 1 is 1.43 bits per heavy atom. The number of aryl methyl sites for hydroxylation is 1. The topological polar surface area (TPSA) is 56.1 Å². The van der Waals surface area contributed by atoms with E-state index < -0.39 is 0 Å². The van der Waals surface area contributed by atoms with Crippen molar-refractivity contribution in [1.82, 2.24) is 9.78 Å². The molecule has 0 aromatic carbocycles. The molecule has 1 aliphatic heterocycles. The number of amides is 1. The normalized spacial score (nSPS) is 26.1. The summed E-state index contributed by atoms with van der Waals surface area (Å²) >= 11 is 0. The van der Waals surface area contributed by atoms with E-state index in [2.05, 4.69) is 24.3 Å². The van der Waals surface area contributed by atoms with E-state index in [9.17, 15) is 4.79 Å². The van der Waals surface area contributed by atoms with Gasteiger partial charge in [-0.3, -0.25) is 9.48 Å². The van der Waals surface area contributed by atoms with Crippen molar-refractivity contribution in [3.8, 4) is 0 Å². The third-order valence-corrected chi connectivity index (χ3v) is 4.93. The molecule has 0 spiro atoms. The smallest absolute Gasteiger partial charge is 0.254 e. The van der Waals surface area contributed by atoms with Crippen molar-refractivity contribution in [2.75, 3.05) is 11.9 Å². The van der Waals surface area contributed by atoms with Crippen LogP contribution in [0, 0.1) is 11.8 Å². The van der Waals surface area contributed by atoms with Gasteiger partial charge in [-0.05, 0) is 31.1 Å². The molecular formula is C16H25N3O2. The fourth-order valence-electron chi connectivity index (χ4n) is 3.27. The Bertz CT molecular complexity index is 520. The van der Waals surface area contributed by atoms with E-state index in [0.717, 1.165) is 17.9 Å². The highest BCUT2D eigenvalue weighted by atomic mass is 16.5. The summed E-state index contributed by atoms with van der Waals surface area (Å²) in [4.78, 5) is 12.5. The molecular weight excluding hydrogens is 266 g/mol. The zero-order valence-electron chi connectivity index (χ0n) is 13.1. The van der Waals surface area contributed by atoms with Gasteiger partial charge in [-0.1, -0.05) is 20.3 Å². The summed E-state index contributed by atoms with van der Waals surface area (Å²) in [5, 5.41) is 7.52. The molecule has 1 aromatic rings. The number of nitrogens with one attached hydrogen (secondary N) is 1. The van der Waals surface area contributed by atoms with Crippen LogP contribution in [0.2, 0.25) is 0 Å². The first-order chi connectivity index (χ1) is 10.1. The van der Waals surface area contributed by atoms with Crippen molar-refractivity contribution in [3.63, 3.8) is 0 Å². The van der Waals surface area contributed by atoms with Crippen LogP contribution in [-0.2, 0) is 16.6 Å². The van der Waals surface area contributed by atoms with Crippen molar-refractivity contribution in [2.45, 2.75) is 51.6 Å². The van der Waals surface area contributed by atoms with Gasteiger partial charge in [0.15, 0.2) is 0 Å². The molecule has 2 atom stereocenters. The standard InChI is InChI=1S/C16H25N3O2/c1-10(2)12-7-8-21-15(12)16(20)17-14-9-13(18-19(14)3)11-5-4-6-11/h9-12,15H,4-8H2,1-3H3,(H,17,20)/t12-,15-/m1/s1. The summed E-state index contributed by atoms with van der Waals surface area (Å²) in [7, 11) is 1.88. The lowest BCUT2D eigenvalue weighted by Crippen LogP contribution is -2.35. The average Bonchev–Trinajstić information content (AvgIpc) is 2.95. The molecule has 116 valence electrons. The average molecular weight is 291 g/mol. The molecule has 3 rings (SSSR count). The van der Waals surface area contributed by atoms with Gasteiger partial charge >= 0.3 is 0 Å². The van der Waals surface area contributed by atoms with Crippen LogP contribution in [0.3, 0.4) is 0 Å². The first kappa shape index (κ1) is 14.6. The second kappa shape index (κ2) is 5.79. The predicted octanol–water partition coefficient (Wildman–Crippen LogP) is 2.69. The van der Waals surface area contributed by atoms with Gasteiger partial charge in [0.05, 0.1) is 5.69 Å². The second-order valence-corrected chi connectivity index (χ2v) is 6.68. The Morgan fingerprint density at radius 2 is 2.19 bits per heavy atom. The predicted molar refractivity (Wildman–Crippen MR) is 81.1 cm³/mol. The molecule has 0 radical (unpaired) electrons. The fraction of sp³-hybridized carbons (Fsp3) is 0.750. The van der Waals surface area contributed by atoms with E-state index >= 15 is 0 Å². The van der Waals surface area contributed by atoms with E-state index in [0.29, 0.717) is 24.4 Å². The first-order valence-corrected chi connectivity index (χ1v) is 8.02. The molecule has 1 saturated heterocycles. The first-order valence-electron chi connectivity index (χ1n) is 8.02. The van der Waals surface area contributed by atoms with E-state index in [1.807, 2.05) is 13.1 Å². The van der Waals surface area contributed by atoms with Crippen LogP contribution >= 0.6 is 0 Å². The van der Waals surface area contributed by atoms with E-state index in [-0.39, 0.29) is 12.0 Å². The highest BCUT2D eigenvalue weighted by molar-refractivity contribution is 5.94. The summed E-state index contributed by atoms with van der Waals surface area (Å²) in [6.45, 7) is 4.98.